The summed E-state index contributed by atoms with van der Waals surface area (Å²) in [5.74, 6) is -1.06. The molecule has 1 heterocycles. The van der Waals surface area contributed by atoms with Crippen LogP contribution in [0.3, 0.4) is 0 Å². The highest BCUT2D eigenvalue weighted by Crippen LogP contribution is 2.17. The van der Waals surface area contributed by atoms with Gasteiger partial charge in [-0.1, -0.05) is 13.3 Å². The molecule has 1 aromatic rings. The Labute approximate surface area is 124 Å². The minimum Gasteiger partial charge on any atom is -0.481 e. The van der Waals surface area contributed by atoms with Crippen molar-refractivity contribution in [1.82, 2.24) is 14.9 Å². The number of methoxy groups -OCH3 is 1. The van der Waals surface area contributed by atoms with E-state index in [0.29, 0.717) is 6.42 Å². The third-order valence-corrected chi connectivity index (χ3v) is 3.25. The van der Waals surface area contributed by atoms with Gasteiger partial charge in [0.1, 0.15) is 0 Å². The predicted octanol–water partition coefficient (Wildman–Crippen LogP) is 1.22. The number of aromatic nitrogens is 2. The van der Waals surface area contributed by atoms with Crippen LogP contribution >= 0.6 is 0 Å². The van der Waals surface area contributed by atoms with Gasteiger partial charge in [-0.3, -0.25) is 9.59 Å². The number of carboxylic acids is 1. The fourth-order valence-corrected chi connectivity index (χ4v) is 2.12. The summed E-state index contributed by atoms with van der Waals surface area (Å²) >= 11 is 0. The van der Waals surface area contributed by atoms with Gasteiger partial charge in [0, 0.05) is 38.5 Å². The molecule has 1 aromatic heterocycles. The van der Waals surface area contributed by atoms with Crippen molar-refractivity contribution in [1.29, 1.82) is 0 Å². The molecule has 1 amide bonds. The van der Waals surface area contributed by atoms with E-state index < -0.39 is 12.1 Å². The highest BCUT2D eigenvalue weighted by atomic mass is 16.5. The largest absolute Gasteiger partial charge is 0.481 e. The molecular formula is C14H23N3O4. The Morgan fingerprint density at radius 2 is 2.19 bits per heavy atom. The summed E-state index contributed by atoms with van der Waals surface area (Å²) in [5, 5.41) is 11.4. The van der Waals surface area contributed by atoms with Crippen molar-refractivity contribution < 1.29 is 19.4 Å². The van der Waals surface area contributed by atoms with Crippen molar-refractivity contribution in [2.45, 2.75) is 44.8 Å². The maximum atomic E-state index is 12.0. The van der Waals surface area contributed by atoms with Gasteiger partial charge < -0.3 is 19.7 Å². The summed E-state index contributed by atoms with van der Waals surface area (Å²) in [7, 11) is 1.44. The minimum absolute atomic E-state index is 0.0676. The molecule has 2 atom stereocenters. The first-order valence-corrected chi connectivity index (χ1v) is 7.05. The lowest BCUT2D eigenvalue weighted by molar-refractivity contribution is -0.140. The lowest BCUT2D eigenvalue weighted by atomic mass is 10.1. The molecule has 7 nitrogen and oxygen atoms in total. The van der Waals surface area contributed by atoms with Crippen molar-refractivity contribution in [3.63, 3.8) is 0 Å². The summed E-state index contributed by atoms with van der Waals surface area (Å²) in [4.78, 5) is 26.6. The highest BCUT2D eigenvalue weighted by molar-refractivity contribution is 5.76. The summed E-state index contributed by atoms with van der Waals surface area (Å²) in [6, 6.07) is 0.0676. The van der Waals surface area contributed by atoms with E-state index in [9.17, 15) is 9.59 Å². The molecule has 0 fully saturated rings. The highest BCUT2D eigenvalue weighted by Gasteiger charge is 2.17. The van der Waals surface area contributed by atoms with Crippen LogP contribution in [0.25, 0.3) is 0 Å². The van der Waals surface area contributed by atoms with Crippen LogP contribution in [0.4, 0.5) is 0 Å². The molecule has 0 saturated carbocycles. The molecule has 0 radical (unpaired) electrons. The Hall–Kier alpha value is -1.89. The Morgan fingerprint density at radius 3 is 2.71 bits per heavy atom. The number of carbonyl (C=O) groups is 2. The van der Waals surface area contributed by atoms with Crippen LogP contribution in [0.15, 0.2) is 18.7 Å². The standard InChI is InChI=1S/C14H23N3O4/c1-3-4-11(17-6-5-15-10-17)7-13(18)16-9-12(21-2)8-14(19)20/h5-6,10-12H,3-4,7-9H2,1-2H3,(H,16,18)(H,19,20). The number of amides is 1. The van der Waals surface area contributed by atoms with Gasteiger partial charge in [-0.25, -0.2) is 4.98 Å². The third kappa shape index (κ3) is 6.40. The second-order valence-corrected chi connectivity index (χ2v) is 4.92. The predicted molar refractivity (Wildman–Crippen MR) is 76.8 cm³/mol. The molecular weight excluding hydrogens is 274 g/mol. The van der Waals surface area contributed by atoms with Crippen LogP contribution in [0.5, 0.6) is 0 Å². The van der Waals surface area contributed by atoms with Gasteiger partial charge in [0.15, 0.2) is 0 Å². The number of imidazole rings is 1. The molecule has 0 spiro atoms. The van der Waals surface area contributed by atoms with Crippen molar-refractivity contribution >= 4 is 11.9 Å². The molecule has 0 saturated heterocycles. The van der Waals surface area contributed by atoms with Crippen LogP contribution < -0.4 is 5.32 Å². The average Bonchev–Trinajstić information content (AvgIpc) is 2.96. The number of carbonyl (C=O) groups excluding carboxylic acids is 1. The topological polar surface area (TPSA) is 93.5 Å². The first-order chi connectivity index (χ1) is 10.1. The van der Waals surface area contributed by atoms with Gasteiger partial charge in [-0.15, -0.1) is 0 Å². The van der Waals surface area contributed by atoms with Gasteiger partial charge >= 0.3 is 5.97 Å². The van der Waals surface area contributed by atoms with E-state index in [-0.39, 0.29) is 24.9 Å². The number of aliphatic carboxylic acids is 1. The Balaban J connectivity index is 2.45. The molecule has 7 heteroatoms. The Bertz CT molecular complexity index is 433. The molecule has 2 unspecified atom stereocenters. The molecule has 1 rings (SSSR count). The zero-order valence-corrected chi connectivity index (χ0v) is 12.5. The van der Waals surface area contributed by atoms with Crippen molar-refractivity contribution in [2.24, 2.45) is 0 Å². The summed E-state index contributed by atoms with van der Waals surface area (Å²) in [5.41, 5.74) is 0. The molecule has 0 aromatic carbocycles. The number of rotatable bonds is 10. The van der Waals surface area contributed by atoms with Crippen LogP contribution in [0.2, 0.25) is 0 Å². The third-order valence-electron chi connectivity index (χ3n) is 3.25. The average molecular weight is 297 g/mol. The molecule has 0 aliphatic carbocycles. The van der Waals surface area contributed by atoms with Gasteiger partial charge in [-0.05, 0) is 6.42 Å². The van der Waals surface area contributed by atoms with E-state index in [1.165, 1.54) is 7.11 Å². The zero-order valence-electron chi connectivity index (χ0n) is 12.5. The van der Waals surface area contributed by atoms with Crippen LogP contribution in [0.1, 0.15) is 38.6 Å². The fourth-order valence-electron chi connectivity index (χ4n) is 2.12. The van der Waals surface area contributed by atoms with E-state index in [2.05, 4.69) is 17.2 Å². The number of nitrogens with zero attached hydrogens (tertiary/aromatic N) is 2. The van der Waals surface area contributed by atoms with E-state index in [1.54, 1.807) is 12.5 Å². The number of carboxylic acid groups (broad SMARTS) is 1. The fraction of sp³-hybridized carbons (Fsp3) is 0.643. The van der Waals surface area contributed by atoms with Crippen molar-refractivity contribution in [3.05, 3.63) is 18.7 Å². The van der Waals surface area contributed by atoms with Crippen LogP contribution in [-0.4, -0.2) is 46.3 Å². The maximum Gasteiger partial charge on any atom is 0.306 e. The molecule has 2 N–H and O–H groups in total. The van der Waals surface area contributed by atoms with Crippen LogP contribution in [-0.2, 0) is 14.3 Å². The summed E-state index contributed by atoms with van der Waals surface area (Å²) in [6.07, 6.45) is 6.79. The number of nitrogens with one attached hydrogen (secondary N) is 1. The Kier molecular flexibility index (Phi) is 7.45. The van der Waals surface area contributed by atoms with E-state index in [4.69, 9.17) is 9.84 Å². The van der Waals surface area contributed by atoms with E-state index in [0.717, 1.165) is 12.8 Å². The minimum atomic E-state index is -0.946. The molecule has 0 bridgehead atoms. The van der Waals surface area contributed by atoms with Crippen LogP contribution in [0, 0.1) is 0 Å². The zero-order chi connectivity index (χ0) is 15.7. The second-order valence-electron chi connectivity index (χ2n) is 4.92. The first kappa shape index (κ1) is 17.2. The lowest BCUT2D eigenvalue weighted by Crippen LogP contribution is -2.35. The summed E-state index contributed by atoms with van der Waals surface area (Å²) in [6.45, 7) is 2.26. The smallest absolute Gasteiger partial charge is 0.306 e. The van der Waals surface area contributed by atoms with Crippen molar-refractivity contribution in [3.8, 4) is 0 Å². The molecule has 21 heavy (non-hydrogen) atoms. The lowest BCUT2D eigenvalue weighted by Gasteiger charge is -2.19. The number of ether oxygens (including phenoxy) is 1. The van der Waals surface area contributed by atoms with Crippen molar-refractivity contribution in [2.75, 3.05) is 13.7 Å². The molecule has 118 valence electrons. The molecule has 0 aliphatic rings. The Morgan fingerprint density at radius 1 is 1.43 bits per heavy atom. The molecule has 0 aliphatic heterocycles. The second kappa shape index (κ2) is 9.12. The first-order valence-electron chi connectivity index (χ1n) is 7.05. The number of hydrogen-bond acceptors (Lipinski definition) is 4. The summed E-state index contributed by atoms with van der Waals surface area (Å²) < 4.78 is 6.95. The van der Waals surface area contributed by atoms with Gasteiger partial charge in [0.2, 0.25) is 5.91 Å². The van der Waals surface area contributed by atoms with E-state index in [1.807, 2.05) is 10.8 Å². The maximum absolute atomic E-state index is 12.0. The number of hydrogen-bond donors (Lipinski definition) is 2. The van der Waals surface area contributed by atoms with E-state index >= 15 is 0 Å². The van der Waals surface area contributed by atoms with Gasteiger partial charge in [0.05, 0.1) is 18.9 Å². The van der Waals surface area contributed by atoms with Gasteiger partial charge in [0.25, 0.3) is 0 Å². The van der Waals surface area contributed by atoms with Gasteiger partial charge in [-0.2, -0.15) is 0 Å². The SMILES string of the molecule is CCCC(CC(=O)NCC(CC(=O)O)OC)n1ccnc1. The normalized spacial score (nSPS) is 13.6. The monoisotopic (exact) mass is 297 g/mol. The quantitative estimate of drug-likeness (QED) is 0.677.